The third kappa shape index (κ3) is 2.72. The maximum atomic E-state index is 12.5. The number of anilines is 1. The first-order chi connectivity index (χ1) is 10.8. The van der Waals surface area contributed by atoms with Crippen molar-refractivity contribution in [1.82, 2.24) is 4.57 Å². The molecule has 0 spiro atoms. The van der Waals surface area contributed by atoms with Gasteiger partial charge in [0.25, 0.3) is 5.91 Å². The second-order valence-electron chi connectivity index (χ2n) is 4.76. The van der Waals surface area contributed by atoms with Gasteiger partial charge in [-0.25, -0.2) is 0 Å². The molecule has 1 amide bonds. The largest absolute Gasteiger partial charge is 0.496 e. The Kier molecular flexibility index (Phi) is 3.92. The zero-order valence-corrected chi connectivity index (χ0v) is 12.2. The Balaban J connectivity index is 1.92. The van der Waals surface area contributed by atoms with Crippen molar-refractivity contribution in [3.05, 3.63) is 78.6 Å². The molecule has 1 heterocycles. The minimum Gasteiger partial charge on any atom is -0.496 e. The van der Waals surface area contributed by atoms with E-state index in [0.717, 1.165) is 11.4 Å². The van der Waals surface area contributed by atoms with E-state index in [1.807, 2.05) is 65.5 Å². The fourth-order valence-corrected chi connectivity index (χ4v) is 2.32. The van der Waals surface area contributed by atoms with Crippen LogP contribution in [0.1, 0.15) is 10.4 Å². The number of ether oxygens (including phenoxy) is 1. The first-order valence-electron chi connectivity index (χ1n) is 6.96. The number of para-hydroxylation sites is 3. The Morgan fingerprint density at radius 2 is 1.64 bits per heavy atom. The molecule has 4 heteroatoms. The molecule has 110 valence electrons. The van der Waals surface area contributed by atoms with Crippen LogP contribution in [-0.2, 0) is 0 Å². The summed E-state index contributed by atoms with van der Waals surface area (Å²) in [4.78, 5) is 12.5. The lowest BCUT2D eigenvalue weighted by atomic mass is 10.1. The van der Waals surface area contributed by atoms with Crippen LogP contribution in [-0.4, -0.2) is 17.6 Å². The Bertz CT molecular complexity index is 779. The summed E-state index contributed by atoms with van der Waals surface area (Å²) in [6.45, 7) is 0. The van der Waals surface area contributed by atoms with Crippen LogP contribution in [0.15, 0.2) is 73.1 Å². The number of benzene rings is 2. The SMILES string of the molecule is COc1ccccc1C(=O)Nc1ccccc1-n1cccc1. The van der Waals surface area contributed by atoms with E-state index in [2.05, 4.69) is 5.32 Å². The van der Waals surface area contributed by atoms with Crippen LogP contribution in [0.25, 0.3) is 5.69 Å². The average molecular weight is 292 g/mol. The summed E-state index contributed by atoms with van der Waals surface area (Å²) < 4.78 is 7.20. The summed E-state index contributed by atoms with van der Waals surface area (Å²) in [5.74, 6) is 0.357. The monoisotopic (exact) mass is 292 g/mol. The number of hydrogen-bond acceptors (Lipinski definition) is 2. The van der Waals surface area contributed by atoms with Gasteiger partial charge in [-0.1, -0.05) is 24.3 Å². The predicted octanol–water partition coefficient (Wildman–Crippen LogP) is 3.74. The molecule has 3 aromatic rings. The van der Waals surface area contributed by atoms with Gasteiger partial charge in [0.05, 0.1) is 24.0 Å². The highest BCUT2D eigenvalue weighted by Gasteiger charge is 2.13. The van der Waals surface area contributed by atoms with Crippen molar-refractivity contribution in [2.24, 2.45) is 0 Å². The minimum atomic E-state index is -0.197. The predicted molar refractivity (Wildman–Crippen MR) is 86.7 cm³/mol. The molecule has 0 aliphatic carbocycles. The van der Waals surface area contributed by atoms with E-state index in [-0.39, 0.29) is 5.91 Å². The Morgan fingerprint density at radius 1 is 0.955 bits per heavy atom. The Hall–Kier alpha value is -3.01. The Labute approximate surface area is 129 Å². The third-order valence-corrected chi connectivity index (χ3v) is 3.39. The molecule has 4 nitrogen and oxygen atoms in total. The highest BCUT2D eigenvalue weighted by Crippen LogP contribution is 2.23. The van der Waals surface area contributed by atoms with Gasteiger partial charge in [0.1, 0.15) is 5.75 Å². The molecule has 1 aromatic heterocycles. The van der Waals surface area contributed by atoms with Crippen LogP contribution in [0.3, 0.4) is 0 Å². The van der Waals surface area contributed by atoms with Crippen molar-refractivity contribution in [2.75, 3.05) is 12.4 Å². The van der Waals surface area contributed by atoms with Crippen LogP contribution in [0.5, 0.6) is 5.75 Å². The van der Waals surface area contributed by atoms with Crippen LogP contribution in [0.4, 0.5) is 5.69 Å². The lowest BCUT2D eigenvalue weighted by Crippen LogP contribution is -2.14. The van der Waals surface area contributed by atoms with Gasteiger partial charge in [-0.15, -0.1) is 0 Å². The minimum absolute atomic E-state index is 0.197. The van der Waals surface area contributed by atoms with Gasteiger partial charge >= 0.3 is 0 Å². The van der Waals surface area contributed by atoms with Gasteiger partial charge in [0.15, 0.2) is 0 Å². The third-order valence-electron chi connectivity index (χ3n) is 3.39. The smallest absolute Gasteiger partial charge is 0.259 e. The lowest BCUT2D eigenvalue weighted by Gasteiger charge is -2.13. The number of amides is 1. The molecule has 0 atom stereocenters. The summed E-state index contributed by atoms with van der Waals surface area (Å²) in [5, 5.41) is 2.95. The van der Waals surface area contributed by atoms with Crippen LogP contribution in [0, 0.1) is 0 Å². The van der Waals surface area contributed by atoms with Gasteiger partial charge < -0.3 is 14.6 Å². The van der Waals surface area contributed by atoms with Crippen molar-refractivity contribution < 1.29 is 9.53 Å². The quantitative estimate of drug-likeness (QED) is 0.796. The number of nitrogens with one attached hydrogen (secondary N) is 1. The maximum absolute atomic E-state index is 12.5. The van der Waals surface area contributed by atoms with E-state index < -0.39 is 0 Å². The van der Waals surface area contributed by atoms with E-state index in [9.17, 15) is 4.79 Å². The molecule has 1 N–H and O–H groups in total. The molecule has 3 rings (SSSR count). The first kappa shape index (κ1) is 13.9. The van der Waals surface area contributed by atoms with Crippen LogP contribution < -0.4 is 10.1 Å². The number of carbonyl (C=O) groups is 1. The van der Waals surface area contributed by atoms with Gasteiger partial charge in [-0.3, -0.25) is 4.79 Å². The normalized spacial score (nSPS) is 10.2. The molecule has 2 aromatic carbocycles. The maximum Gasteiger partial charge on any atom is 0.259 e. The molecule has 0 radical (unpaired) electrons. The van der Waals surface area contributed by atoms with E-state index in [4.69, 9.17) is 4.74 Å². The topological polar surface area (TPSA) is 43.3 Å². The van der Waals surface area contributed by atoms with Crippen molar-refractivity contribution in [3.63, 3.8) is 0 Å². The number of carbonyl (C=O) groups excluding carboxylic acids is 1. The fourth-order valence-electron chi connectivity index (χ4n) is 2.32. The van der Waals surface area contributed by atoms with E-state index in [1.54, 1.807) is 19.2 Å². The molecular weight excluding hydrogens is 276 g/mol. The summed E-state index contributed by atoms with van der Waals surface area (Å²) in [5.41, 5.74) is 2.16. The zero-order chi connectivity index (χ0) is 15.4. The second kappa shape index (κ2) is 6.18. The number of rotatable bonds is 4. The Morgan fingerprint density at radius 3 is 2.41 bits per heavy atom. The van der Waals surface area contributed by atoms with Crippen molar-refractivity contribution in [2.45, 2.75) is 0 Å². The number of hydrogen-bond donors (Lipinski definition) is 1. The second-order valence-corrected chi connectivity index (χ2v) is 4.76. The number of nitrogens with zero attached hydrogens (tertiary/aromatic N) is 1. The van der Waals surface area contributed by atoms with Crippen molar-refractivity contribution in [1.29, 1.82) is 0 Å². The van der Waals surface area contributed by atoms with Gasteiger partial charge in [-0.2, -0.15) is 0 Å². The molecule has 0 unspecified atom stereocenters. The van der Waals surface area contributed by atoms with E-state index in [1.165, 1.54) is 0 Å². The van der Waals surface area contributed by atoms with Gasteiger partial charge in [-0.05, 0) is 36.4 Å². The molecule has 0 saturated carbocycles. The lowest BCUT2D eigenvalue weighted by molar-refractivity contribution is 0.102. The molecule has 0 aliphatic heterocycles. The van der Waals surface area contributed by atoms with Crippen LogP contribution >= 0.6 is 0 Å². The summed E-state index contributed by atoms with van der Waals surface area (Å²) in [6.07, 6.45) is 3.88. The molecule has 0 bridgehead atoms. The summed E-state index contributed by atoms with van der Waals surface area (Å²) >= 11 is 0. The molecular formula is C18H16N2O2. The van der Waals surface area contributed by atoms with Crippen LogP contribution in [0.2, 0.25) is 0 Å². The summed E-state index contributed by atoms with van der Waals surface area (Å²) in [6, 6.07) is 18.7. The van der Waals surface area contributed by atoms with Gasteiger partial charge in [0, 0.05) is 12.4 Å². The van der Waals surface area contributed by atoms with E-state index in [0.29, 0.717) is 11.3 Å². The summed E-state index contributed by atoms with van der Waals surface area (Å²) in [7, 11) is 1.56. The highest BCUT2D eigenvalue weighted by atomic mass is 16.5. The average Bonchev–Trinajstić information content (AvgIpc) is 3.09. The van der Waals surface area contributed by atoms with E-state index >= 15 is 0 Å². The highest BCUT2D eigenvalue weighted by molar-refractivity contribution is 6.07. The number of methoxy groups -OCH3 is 1. The standard InChI is InChI=1S/C18H16N2O2/c1-22-17-11-5-2-8-14(17)18(21)19-15-9-3-4-10-16(15)20-12-6-7-13-20/h2-13H,1H3,(H,19,21). The first-order valence-corrected chi connectivity index (χ1v) is 6.96. The van der Waals surface area contributed by atoms with Crippen molar-refractivity contribution in [3.8, 4) is 11.4 Å². The zero-order valence-electron chi connectivity index (χ0n) is 12.2. The fraction of sp³-hybridized carbons (Fsp3) is 0.0556. The number of aromatic nitrogens is 1. The molecule has 0 fully saturated rings. The molecule has 0 saturated heterocycles. The molecule has 22 heavy (non-hydrogen) atoms. The van der Waals surface area contributed by atoms with Gasteiger partial charge in [0.2, 0.25) is 0 Å². The van der Waals surface area contributed by atoms with Crippen molar-refractivity contribution >= 4 is 11.6 Å². The molecule has 0 aliphatic rings.